The standard InChI is InChI=1S/C16H15FINO/c1-12(20)19-11-10-13-4-2-3-5-16(13)18-15-8-6-14(17)7-9-15/h2-9H,10-11H2,1H3/p+1. The summed E-state index contributed by atoms with van der Waals surface area (Å²) in [6.45, 7) is 2.18. The minimum Gasteiger partial charge on any atom is -0.356 e. The van der Waals surface area contributed by atoms with Gasteiger partial charge in [0.1, 0.15) is 5.82 Å². The Balaban J connectivity index is 2.07. The van der Waals surface area contributed by atoms with Crippen molar-refractivity contribution in [1.82, 2.24) is 5.32 Å². The highest BCUT2D eigenvalue weighted by molar-refractivity contribution is 5.72. The largest absolute Gasteiger partial charge is 0.358 e. The maximum atomic E-state index is 12.9. The van der Waals surface area contributed by atoms with E-state index in [1.54, 1.807) is 0 Å². The number of benzene rings is 2. The molecule has 0 saturated carbocycles. The van der Waals surface area contributed by atoms with Gasteiger partial charge in [-0.05, 0) is 36.8 Å². The molecule has 1 amide bonds. The summed E-state index contributed by atoms with van der Waals surface area (Å²) < 4.78 is 15.4. The summed E-state index contributed by atoms with van der Waals surface area (Å²) in [5, 5.41) is 2.82. The number of nitrogens with one attached hydrogen (secondary N) is 1. The molecule has 2 nitrogen and oxygen atoms in total. The van der Waals surface area contributed by atoms with Crippen molar-refractivity contribution in [2.75, 3.05) is 6.54 Å². The van der Waals surface area contributed by atoms with Crippen LogP contribution in [0.1, 0.15) is 12.5 Å². The highest BCUT2D eigenvalue weighted by Crippen LogP contribution is 2.00. The number of rotatable bonds is 5. The topological polar surface area (TPSA) is 29.1 Å². The van der Waals surface area contributed by atoms with Gasteiger partial charge >= 0.3 is 21.2 Å². The van der Waals surface area contributed by atoms with Gasteiger partial charge in [-0.25, -0.2) is 4.39 Å². The fraction of sp³-hybridized carbons (Fsp3) is 0.188. The van der Waals surface area contributed by atoms with Gasteiger partial charge in [-0.2, -0.15) is 0 Å². The smallest absolute Gasteiger partial charge is 0.356 e. The van der Waals surface area contributed by atoms with Crippen molar-refractivity contribution in [3.05, 3.63) is 67.1 Å². The monoisotopic (exact) mass is 384 g/mol. The van der Waals surface area contributed by atoms with Gasteiger partial charge in [0.2, 0.25) is 5.91 Å². The Bertz CT molecular complexity index is 583. The third kappa shape index (κ3) is 4.59. The van der Waals surface area contributed by atoms with Crippen molar-refractivity contribution in [3.63, 3.8) is 0 Å². The van der Waals surface area contributed by atoms with E-state index >= 15 is 0 Å². The van der Waals surface area contributed by atoms with Gasteiger partial charge < -0.3 is 5.32 Å². The van der Waals surface area contributed by atoms with Gasteiger partial charge in [-0.15, -0.1) is 0 Å². The molecule has 0 heterocycles. The number of hydrogen-bond acceptors (Lipinski definition) is 1. The Morgan fingerprint density at radius 2 is 1.85 bits per heavy atom. The summed E-state index contributed by atoms with van der Waals surface area (Å²) in [6, 6.07) is 15.0. The van der Waals surface area contributed by atoms with E-state index in [4.69, 9.17) is 0 Å². The van der Waals surface area contributed by atoms with Crippen molar-refractivity contribution in [3.8, 4) is 0 Å². The zero-order valence-electron chi connectivity index (χ0n) is 11.2. The van der Waals surface area contributed by atoms with Gasteiger partial charge in [0.25, 0.3) is 0 Å². The molecule has 20 heavy (non-hydrogen) atoms. The zero-order chi connectivity index (χ0) is 14.4. The second-order valence-electron chi connectivity index (χ2n) is 4.36. The van der Waals surface area contributed by atoms with Crippen LogP contribution in [0.15, 0.2) is 48.5 Å². The number of carbonyl (C=O) groups is 1. The number of amides is 1. The van der Waals surface area contributed by atoms with Crippen LogP contribution in [0.2, 0.25) is 0 Å². The van der Waals surface area contributed by atoms with Crippen LogP contribution in [0.25, 0.3) is 0 Å². The molecule has 104 valence electrons. The molecule has 2 aromatic carbocycles. The second kappa shape index (κ2) is 7.38. The van der Waals surface area contributed by atoms with E-state index in [0.717, 1.165) is 6.42 Å². The lowest BCUT2D eigenvalue weighted by Gasteiger charge is -2.02. The summed E-state index contributed by atoms with van der Waals surface area (Å²) in [6.07, 6.45) is 0.830. The van der Waals surface area contributed by atoms with E-state index in [-0.39, 0.29) is 32.9 Å². The Hall–Kier alpha value is -1.43. The molecule has 0 aliphatic carbocycles. The Kier molecular flexibility index (Phi) is 5.52. The quantitative estimate of drug-likeness (QED) is 0.701. The normalized spacial score (nSPS) is 10.3. The van der Waals surface area contributed by atoms with Gasteiger partial charge in [0.05, 0.1) is 0 Å². The van der Waals surface area contributed by atoms with Gasteiger partial charge in [-0.3, -0.25) is 4.79 Å². The summed E-state index contributed by atoms with van der Waals surface area (Å²) in [5.74, 6) is -0.201. The van der Waals surface area contributed by atoms with E-state index in [1.165, 1.54) is 31.8 Å². The maximum Gasteiger partial charge on any atom is 0.358 e. The number of hydrogen-bond donors (Lipinski definition) is 1. The van der Waals surface area contributed by atoms with Crippen LogP contribution in [-0.4, -0.2) is 12.5 Å². The Morgan fingerprint density at radius 1 is 1.15 bits per heavy atom. The van der Waals surface area contributed by atoms with Crippen molar-refractivity contribution in [2.45, 2.75) is 13.3 Å². The van der Waals surface area contributed by atoms with Gasteiger partial charge in [0.15, 0.2) is 7.14 Å². The summed E-state index contributed by atoms with van der Waals surface area (Å²) >= 11 is -0.319. The predicted molar refractivity (Wildman–Crippen MR) is 72.6 cm³/mol. The highest BCUT2D eigenvalue weighted by atomic mass is 127. The lowest BCUT2D eigenvalue weighted by molar-refractivity contribution is -0.598. The van der Waals surface area contributed by atoms with E-state index < -0.39 is 0 Å². The Labute approximate surface area is 128 Å². The van der Waals surface area contributed by atoms with Crippen LogP contribution >= 0.6 is 0 Å². The molecule has 4 heteroatoms. The third-order valence-electron chi connectivity index (χ3n) is 2.74. The predicted octanol–water partition coefficient (Wildman–Crippen LogP) is -0.367. The van der Waals surface area contributed by atoms with E-state index in [1.807, 2.05) is 24.3 Å². The lowest BCUT2D eigenvalue weighted by Crippen LogP contribution is -3.61. The fourth-order valence-corrected chi connectivity index (χ4v) is 4.35. The first kappa shape index (κ1) is 15.0. The van der Waals surface area contributed by atoms with E-state index in [0.29, 0.717) is 6.54 Å². The molecular formula is C16H16FINO+. The second-order valence-corrected chi connectivity index (χ2v) is 7.30. The van der Waals surface area contributed by atoms with Crippen molar-refractivity contribution < 1.29 is 30.4 Å². The average Bonchev–Trinajstić information content (AvgIpc) is 2.43. The molecule has 0 fully saturated rings. The molecule has 0 radical (unpaired) electrons. The van der Waals surface area contributed by atoms with Crippen molar-refractivity contribution in [1.29, 1.82) is 0 Å². The molecule has 0 bridgehead atoms. The highest BCUT2D eigenvalue weighted by Gasteiger charge is 2.19. The SMILES string of the molecule is CC(=O)NCCc1ccccc1[I+]c1ccc(F)cc1. The molecule has 0 saturated heterocycles. The van der Waals surface area contributed by atoms with Gasteiger partial charge in [-0.1, -0.05) is 18.2 Å². The van der Waals surface area contributed by atoms with Crippen LogP contribution in [0.4, 0.5) is 4.39 Å². The molecule has 1 N–H and O–H groups in total. The molecule has 2 aromatic rings. The van der Waals surface area contributed by atoms with Crippen LogP contribution in [0.5, 0.6) is 0 Å². The summed E-state index contributed by atoms with van der Waals surface area (Å²) in [7, 11) is 0. The minimum absolute atomic E-state index is 0.00397. The molecule has 0 aromatic heterocycles. The molecule has 0 spiro atoms. The van der Waals surface area contributed by atoms with Crippen molar-refractivity contribution in [2.24, 2.45) is 0 Å². The van der Waals surface area contributed by atoms with E-state index in [9.17, 15) is 9.18 Å². The molecular weight excluding hydrogens is 368 g/mol. The van der Waals surface area contributed by atoms with Gasteiger partial charge in [0, 0.05) is 19.0 Å². The molecule has 2 rings (SSSR count). The minimum atomic E-state index is -0.319. The lowest BCUT2D eigenvalue weighted by atomic mass is 10.1. The first-order chi connectivity index (χ1) is 9.65. The summed E-state index contributed by atoms with van der Waals surface area (Å²) in [5.41, 5.74) is 1.26. The van der Waals surface area contributed by atoms with Crippen LogP contribution in [-0.2, 0) is 11.2 Å². The number of carbonyl (C=O) groups excluding carboxylic acids is 1. The van der Waals surface area contributed by atoms with E-state index in [2.05, 4.69) is 17.4 Å². The molecule has 0 aliphatic rings. The van der Waals surface area contributed by atoms with Crippen LogP contribution in [0.3, 0.4) is 0 Å². The van der Waals surface area contributed by atoms with Crippen LogP contribution in [0, 0.1) is 13.0 Å². The first-order valence-electron chi connectivity index (χ1n) is 6.38. The molecule has 0 unspecified atom stereocenters. The maximum absolute atomic E-state index is 12.9. The molecule has 0 aliphatic heterocycles. The number of halogens is 2. The zero-order valence-corrected chi connectivity index (χ0v) is 13.4. The first-order valence-corrected chi connectivity index (χ1v) is 8.53. The summed E-state index contributed by atoms with van der Waals surface area (Å²) in [4.78, 5) is 10.9. The Morgan fingerprint density at radius 3 is 2.55 bits per heavy atom. The fourth-order valence-electron chi connectivity index (χ4n) is 1.78. The molecule has 0 atom stereocenters. The average molecular weight is 384 g/mol. The van der Waals surface area contributed by atoms with Crippen LogP contribution < -0.4 is 26.5 Å². The van der Waals surface area contributed by atoms with Crippen molar-refractivity contribution >= 4 is 5.91 Å². The third-order valence-corrected chi connectivity index (χ3v) is 5.72.